The minimum Gasteiger partial charge on any atom is -0.490 e. The van der Waals surface area contributed by atoms with Crippen molar-refractivity contribution in [2.45, 2.75) is 78.7 Å². The summed E-state index contributed by atoms with van der Waals surface area (Å²) in [6.45, 7) is 8.48. The summed E-state index contributed by atoms with van der Waals surface area (Å²) in [7, 11) is 0. The number of carbonyl (C=O) groups is 2. The summed E-state index contributed by atoms with van der Waals surface area (Å²) >= 11 is 0. The quantitative estimate of drug-likeness (QED) is 0.127. The molecule has 0 N–H and O–H groups in total. The van der Waals surface area contributed by atoms with Crippen LogP contribution < -0.4 is 0 Å². The number of ether oxygens (including phenoxy) is 3. The molecule has 0 aromatic rings. The van der Waals surface area contributed by atoms with Gasteiger partial charge in [-0.1, -0.05) is 46.1 Å². The average Bonchev–Trinajstić information content (AvgIpc) is 2.67. The smallest absolute Gasteiger partial charge is 0.331 e. The van der Waals surface area contributed by atoms with E-state index in [1.807, 2.05) is 6.08 Å². The van der Waals surface area contributed by atoms with E-state index in [1.54, 1.807) is 13.2 Å². The lowest BCUT2D eigenvalue weighted by Crippen LogP contribution is -2.18. The largest absolute Gasteiger partial charge is 0.490 e. The summed E-state index contributed by atoms with van der Waals surface area (Å²) in [5, 5.41) is 0. The van der Waals surface area contributed by atoms with Crippen molar-refractivity contribution in [3.8, 4) is 0 Å². The first-order valence-corrected chi connectivity index (χ1v) is 10.1. The van der Waals surface area contributed by atoms with Gasteiger partial charge in [0.15, 0.2) is 0 Å². The molecule has 0 aliphatic rings. The predicted molar refractivity (Wildman–Crippen MR) is 108 cm³/mol. The summed E-state index contributed by atoms with van der Waals surface area (Å²) in [5.41, 5.74) is 1.25. The maximum atomic E-state index is 11.8. The number of allylic oxidation sites excluding steroid dienone is 2. The van der Waals surface area contributed by atoms with Crippen LogP contribution >= 0.6 is 0 Å². The minimum atomic E-state index is -0.593. The summed E-state index contributed by atoms with van der Waals surface area (Å²) < 4.78 is 15.8. The molecule has 5 nitrogen and oxygen atoms in total. The van der Waals surface area contributed by atoms with Crippen molar-refractivity contribution in [2.24, 2.45) is 0 Å². The zero-order chi connectivity index (χ0) is 20.3. The van der Waals surface area contributed by atoms with E-state index >= 15 is 0 Å². The van der Waals surface area contributed by atoms with Crippen LogP contribution in [0.4, 0.5) is 0 Å². The van der Waals surface area contributed by atoms with Crippen LogP contribution in [0.15, 0.2) is 36.1 Å². The van der Waals surface area contributed by atoms with E-state index < -0.39 is 11.9 Å². The monoisotopic (exact) mass is 380 g/mol. The molecule has 0 heterocycles. The Bertz CT molecular complexity index is 491. The fourth-order valence-electron chi connectivity index (χ4n) is 2.16. The zero-order valence-corrected chi connectivity index (χ0v) is 17.4. The fraction of sp³-hybridized carbons (Fsp3) is 0.636. The van der Waals surface area contributed by atoms with Gasteiger partial charge in [0.2, 0.25) is 0 Å². The third kappa shape index (κ3) is 14.8. The van der Waals surface area contributed by atoms with Crippen molar-refractivity contribution in [3.63, 3.8) is 0 Å². The van der Waals surface area contributed by atoms with Crippen molar-refractivity contribution in [2.75, 3.05) is 13.2 Å². The lowest BCUT2D eigenvalue weighted by molar-refractivity contribution is -0.141. The Morgan fingerprint density at radius 1 is 0.926 bits per heavy atom. The standard InChI is InChI=1S/C22H36O5/c1-5-9-11-12-14-20(26-17-19(7-3)13-10-6-2)18-27-22(24)16-15-21(23)25-8-4/h12,14-17,20H,5-11,13,18H2,1-4H3/b14-12?,16-15-,19-17?. The van der Waals surface area contributed by atoms with Crippen LogP contribution in [0.1, 0.15) is 72.6 Å². The molecule has 0 bridgehead atoms. The Hall–Kier alpha value is -2.04. The van der Waals surface area contributed by atoms with Gasteiger partial charge >= 0.3 is 11.9 Å². The number of rotatable bonds is 15. The van der Waals surface area contributed by atoms with Crippen LogP contribution in [0.2, 0.25) is 0 Å². The van der Waals surface area contributed by atoms with E-state index in [2.05, 4.69) is 26.8 Å². The van der Waals surface area contributed by atoms with Crippen LogP contribution in [0, 0.1) is 0 Å². The lowest BCUT2D eigenvalue weighted by Gasteiger charge is -2.14. The zero-order valence-electron chi connectivity index (χ0n) is 17.4. The molecule has 0 aromatic heterocycles. The van der Waals surface area contributed by atoms with E-state index in [9.17, 15) is 9.59 Å². The highest BCUT2D eigenvalue weighted by atomic mass is 16.6. The molecule has 0 saturated heterocycles. The molecular formula is C22H36O5. The second kappa shape index (κ2) is 17.4. The Kier molecular flexibility index (Phi) is 16.1. The van der Waals surface area contributed by atoms with Crippen LogP contribution in [-0.2, 0) is 23.8 Å². The first-order chi connectivity index (χ1) is 13.1. The van der Waals surface area contributed by atoms with Gasteiger partial charge in [0, 0.05) is 12.2 Å². The van der Waals surface area contributed by atoms with Crippen molar-refractivity contribution in [1.29, 1.82) is 0 Å². The van der Waals surface area contributed by atoms with Crippen molar-refractivity contribution in [1.82, 2.24) is 0 Å². The Balaban J connectivity index is 4.70. The second-order valence-electron chi connectivity index (χ2n) is 6.19. The highest BCUT2D eigenvalue weighted by molar-refractivity contribution is 5.91. The van der Waals surface area contributed by atoms with Gasteiger partial charge in [0.1, 0.15) is 12.7 Å². The Morgan fingerprint density at radius 2 is 1.59 bits per heavy atom. The van der Waals surface area contributed by atoms with Crippen molar-refractivity contribution >= 4 is 11.9 Å². The number of esters is 2. The van der Waals surface area contributed by atoms with Crippen molar-refractivity contribution < 1.29 is 23.8 Å². The first-order valence-electron chi connectivity index (χ1n) is 10.1. The van der Waals surface area contributed by atoms with Gasteiger partial charge < -0.3 is 14.2 Å². The number of carbonyl (C=O) groups excluding carboxylic acids is 2. The number of hydrogen-bond donors (Lipinski definition) is 0. The minimum absolute atomic E-state index is 0.0932. The second-order valence-corrected chi connectivity index (χ2v) is 6.19. The van der Waals surface area contributed by atoms with Gasteiger partial charge in [-0.15, -0.1) is 0 Å². The molecule has 0 fully saturated rings. The topological polar surface area (TPSA) is 61.8 Å². The molecule has 1 atom stereocenters. The molecule has 154 valence electrons. The van der Waals surface area contributed by atoms with E-state index in [4.69, 9.17) is 14.2 Å². The summed E-state index contributed by atoms with van der Waals surface area (Å²) in [6.07, 6.45) is 15.0. The van der Waals surface area contributed by atoms with Crippen molar-refractivity contribution in [3.05, 3.63) is 36.1 Å². The van der Waals surface area contributed by atoms with Gasteiger partial charge in [0.25, 0.3) is 0 Å². The number of unbranched alkanes of at least 4 members (excludes halogenated alkanes) is 3. The van der Waals surface area contributed by atoms with Crippen LogP contribution in [-0.4, -0.2) is 31.3 Å². The molecule has 0 radical (unpaired) electrons. The molecule has 0 saturated carbocycles. The molecule has 5 heteroatoms. The summed E-state index contributed by atoms with van der Waals surface area (Å²) in [6, 6.07) is 0. The average molecular weight is 381 g/mol. The van der Waals surface area contributed by atoms with Gasteiger partial charge in [-0.2, -0.15) is 0 Å². The fourth-order valence-corrected chi connectivity index (χ4v) is 2.16. The Morgan fingerprint density at radius 3 is 2.19 bits per heavy atom. The van der Waals surface area contributed by atoms with E-state index in [0.717, 1.165) is 57.1 Å². The molecular weight excluding hydrogens is 344 g/mol. The maximum absolute atomic E-state index is 11.8. The van der Waals surface area contributed by atoms with E-state index in [0.29, 0.717) is 0 Å². The van der Waals surface area contributed by atoms with Crippen LogP contribution in [0.25, 0.3) is 0 Å². The molecule has 0 amide bonds. The van der Waals surface area contributed by atoms with E-state index in [1.165, 1.54) is 5.57 Å². The lowest BCUT2D eigenvalue weighted by atomic mass is 10.1. The maximum Gasteiger partial charge on any atom is 0.331 e. The highest BCUT2D eigenvalue weighted by Crippen LogP contribution is 2.12. The van der Waals surface area contributed by atoms with Crippen LogP contribution in [0.3, 0.4) is 0 Å². The molecule has 0 rings (SSSR count). The van der Waals surface area contributed by atoms with Gasteiger partial charge in [-0.05, 0) is 44.3 Å². The molecule has 0 spiro atoms. The normalized spacial score (nSPS) is 13.1. The van der Waals surface area contributed by atoms with Gasteiger partial charge in [-0.25, -0.2) is 9.59 Å². The molecule has 0 aliphatic heterocycles. The molecule has 1 unspecified atom stereocenters. The number of hydrogen-bond acceptors (Lipinski definition) is 5. The van der Waals surface area contributed by atoms with E-state index in [-0.39, 0.29) is 19.3 Å². The highest BCUT2D eigenvalue weighted by Gasteiger charge is 2.09. The van der Waals surface area contributed by atoms with Crippen LogP contribution in [0.5, 0.6) is 0 Å². The Labute approximate surface area is 164 Å². The molecule has 0 aliphatic carbocycles. The summed E-state index contributed by atoms with van der Waals surface area (Å²) in [5.74, 6) is -1.16. The molecule has 27 heavy (non-hydrogen) atoms. The SMILES string of the molecule is CCCCC=CC(COC(=O)/C=C\C(=O)OCC)OC=C(CC)CCCC. The van der Waals surface area contributed by atoms with Gasteiger partial charge in [-0.3, -0.25) is 0 Å². The molecule has 0 aromatic carbocycles. The predicted octanol–water partition coefficient (Wildman–Crippen LogP) is 5.26. The third-order valence-electron chi connectivity index (χ3n) is 3.82. The first kappa shape index (κ1) is 25.0. The summed E-state index contributed by atoms with van der Waals surface area (Å²) in [4.78, 5) is 23.0. The van der Waals surface area contributed by atoms with Gasteiger partial charge in [0.05, 0.1) is 12.9 Å². The third-order valence-corrected chi connectivity index (χ3v) is 3.82.